The van der Waals surface area contributed by atoms with Crippen molar-refractivity contribution in [1.82, 2.24) is 4.98 Å². The van der Waals surface area contributed by atoms with Crippen LogP contribution in [0, 0.1) is 0 Å². The minimum absolute atomic E-state index is 0.234. The Morgan fingerprint density at radius 1 is 1.40 bits per heavy atom. The second kappa shape index (κ2) is 5.26. The number of nitrogens with one attached hydrogen (secondary N) is 2. The second-order valence-corrected chi connectivity index (χ2v) is 5.34. The summed E-state index contributed by atoms with van der Waals surface area (Å²) in [6.07, 6.45) is 3.85. The Balaban J connectivity index is 1.86. The largest absolute Gasteiger partial charge is 0.383 e. The van der Waals surface area contributed by atoms with Gasteiger partial charge >= 0.3 is 0 Å². The number of rotatable bonds is 3. The van der Waals surface area contributed by atoms with Gasteiger partial charge < -0.3 is 5.73 Å². The van der Waals surface area contributed by atoms with Crippen LogP contribution in [0.4, 0.5) is 0 Å². The average Bonchev–Trinajstić information content (AvgIpc) is 3.07. The minimum atomic E-state index is -0.237. The molecular weight excluding hydrogens is 272 g/mol. The molecule has 0 unspecified atom stereocenters. The molecule has 0 aliphatic rings. The molecule has 3 aromatic rings. The summed E-state index contributed by atoms with van der Waals surface area (Å²) >= 11 is 1.54. The summed E-state index contributed by atoms with van der Waals surface area (Å²) < 4.78 is 0. The number of fused-ring (bicyclic) bond motifs is 1. The molecule has 3 rings (SSSR count). The molecule has 0 aliphatic heterocycles. The molecule has 0 saturated heterocycles. The molecule has 0 atom stereocenters. The molecule has 5 nitrogen and oxygen atoms in total. The number of amidine groups is 1. The number of carbonyl (C=O) groups is 1. The van der Waals surface area contributed by atoms with E-state index in [9.17, 15) is 4.79 Å². The van der Waals surface area contributed by atoms with Gasteiger partial charge in [0.15, 0.2) is 0 Å². The first-order valence-corrected chi connectivity index (χ1v) is 6.99. The fourth-order valence-electron chi connectivity index (χ4n) is 2.01. The maximum atomic E-state index is 11.9. The number of carbonyl (C=O) groups excluding carboxylic acids is 1. The molecule has 0 spiro atoms. The van der Waals surface area contributed by atoms with Crippen molar-refractivity contribution in [3.05, 3.63) is 52.5 Å². The summed E-state index contributed by atoms with van der Waals surface area (Å²) in [5, 5.41) is 2.85. The molecule has 100 valence electrons. The number of aromatic nitrogens is 2. The predicted molar refractivity (Wildman–Crippen MR) is 78.6 cm³/mol. The summed E-state index contributed by atoms with van der Waals surface area (Å²) in [6.45, 7) is 0. The first-order chi connectivity index (χ1) is 9.74. The minimum Gasteiger partial charge on any atom is -0.383 e. The van der Waals surface area contributed by atoms with Gasteiger partial charge in [-0.1, -0.05) is 6.07 Å². The van der Waals surface area contributed by atoms with E-state index in [4.69, 9.17) is 5.73 Å². The Bertz CT molecular complexity index is 773. The topological polar surface area (TPSA) is 85.4 Å². The van der Waals surface area contributed by atoms with E-state index in [0.29, 0.717) is 0 Å². The van der Waals surface area contributed by atoms with E-state index in [2.05, 4.69) is 15.0 Å². The molecule has 3 heterocycles. The number of pyridine rings is 1. The maximum Gasteiger partial charge on any atom is 0.285 e. The molecule has 0 fully saturated rings. The molecule has 1 amide bonds. The monoisotopic (exact) mass is 285 g/mol. The van der Waals surface area contributed by atoms with Gasteiger partial charge in [0, 0.05) is 4.88 Å². The number of nitrogens with two attached hydrogens (primary N) is 1. The van der Waals surface area contributed by atoms with Gasteiger partial charge in [-0.2, -0.15) is 4.99 Å². The van der Waals surface area contributed by atoms with E-state index >= 15 is 0 Å². The van der Waals surface area contributed by atoms with E-state index in [1.165, 1.54) is 11.3 Å². The highest BCUT2D eigenvalue weighted by molar-refractivity contribution is 7.10. The van der Waals surface area contributed by atoms with Gasteiger partial charge in [0.2, 0.25) is 0 Å². The van der Waals surface area contributed by atoms with E-state index in [1.807, 2.05) is 35.8 Å². The lowest BCUT2D eigenvalue weighted by molar-refractivity contribution is -0.347. The van der Waals surface area contributed by atoms with Crippen LogP contribution in [-0.2, 0) is 11.2 Å². The number of nitrogens with zero attached hydrogens (tertiary/aromatic N) is 1. The SMILES string of the molecule is NC(=NC(=O)Cc1cccs1)c1c[nH]c2[nH+]cccc12. The Morgan fingerprint density at radius 3 is 3.10 bits per heavy atom. The summed E-state index contributed by atoms with van der Waals surface area (Å²) in [5.41, 5.74) is 7.52. The van der Waals surface area contributed by atoms with Crippen LogP contribution in [0.2, 0.25) is 0 Å². The van der Waals surface area contributed by atoms with Gasteiger partial charge in [0.1, 0.15) is 5.84 Å². The number of aromatic amines is 2. The molecule has 20 heavy (non-hydrogen) atoms. The first-order valence-electron chi connectivity index (χ1n) is 6.11. The normalized spacial score (nSPS) is 11.9. The molecule has 0 bridgehead atoms. The third kappa shape index (κ3) is 2.46. The molecule has 0 saturated carbocycles. The summed E-state index contributed by atoms with van der Waals surface area (Å²) in [6, 6.07) is 7.62. The number of thiophene rings is 1. The number of H-pyrrole nitrogens is 2. The number of amides is 1. The number of aliphatic imine (C=N–C) groups is 1. The van der Waals surface area contributed by atoms with Crippen molar-refractivity contribution < 1.29 is 9.78 Å². The maximum absolute atomic E-state index is 11.9. The van der Waals surface area contributed by atoms with Crippen LogP contribution in [0.15, 0.2) is 47.0 Å². The van der Waals surface area contributed by atoms with E-state index in [0.717, 1.165) is 21.5 Å². The zero-order valence-electron chi connectivity index (χ0n) is 10.6. The van der Waals surface area contributed by atoms with Gasteiger partial charge in [0.25, 0.3) is 11.6 Å². The first kappa shape index (κ1) is 12.6. The molecule has 3 aromatic heterocycles. The Labute approximate surface area is 119 Å². The Morgan fingerprint density at radius 2 is 2.30 bits per heavy atom. The average molecular weight is 285 g/mol. The van der Waals surface area contributed by atoms with Crippen LogP contribution in [-0.4, -0.2) is 16.7 Å². The van der Waals surface area contributed by atoms with E-state index in [-0.39, 0.29) is 18.2 Å². The fourth-order valence-corrected chi connectivity index (χ4v) is 2.71. The molecule has 0 aliphatic carbocycles. The van der Waals surface area contributed by atoms with Gasteiger partial charge in [-0.05, 0) is 23.6 Å². The van der Waals surface area contributed by atoms with Crippen LogP contribution in [0.3, 0.4) is 0 Å². The van der Waals surface area contributed by atoms with Crippen molar-refractivity contribution in [1.29, 1.82) is 0 Å². The zero-order chi connectivity index (χ0) is 13.9. The highest BCUT2D eigenvalue weighted by atomic mass is 32.1. The third-order valence-corrected chi connectivity index (χ3v) is 3.81. The van der Waals surface area contributed by atoms with Gasteiger partial charge in [0.05, 0.1) is 29.8 Å². The summed E-state index contributed by atoms with van der Waals surface area (Å²) in [5.74, 6) is -0.00313. The highest BCUT2D eigenvalue weighted by Crippen LogP contribution is 2.14. The van der Waals surface area contributed by atoms with E-state index in [1.54, 1.807) is 6.20 Å². The fraction of sp³-hybridized carbons (Fsp3) is 0.0714. The molecule has 4 N–H and O–H groups in total. The number of hydrogen-bond acceptors (Lipinski definition) is 2. The van der Waals surface area contributed by atoms with Gasteiger partial charge in [-0.25, -0.2) is 9.97 Å². The lowest BCUT2D eigenvalue weighted by atomic mass is 10.2. The van der Waals surface area contributed by atoms with Crippen molar-refractivity contribution in [3.63, 3.8) is 0 Å². The third-order valence-electron chi connectivity index (χ3n) is 2.93. The van der Waals surface area contributed by atoms with Crippen molar-refractivity contribution in [3.8, 4) is 0 Å². The zero-order valence-corrected chi connectivity index (χ0v) is 11.4. The quantitative estimate of drug-likeness (QED) is 0.564. The van der Waals surface area contributed by atoms with Crippen molar-refractivity contribution >= 4 is 34.1 Å². The lowest BCUT2D eigenvalue weighted by Gasteiger charge is -1.97. The van der Waals surface area contributed by atoms with Crippen LogP contribution in [0.5, 0.6) is 0 Å². The molecular formula is C14H13N4OS+. The number of hydrogen-bond donors (Lipinski definition) is 2. The van der Waals surface area contributed by atoms with Crippen molar-refractivity contribution in [2.24, 2.45) is 10.7 Å². The lowest BCUT2D eigenvalue weighted by Crippen LogP contribution is -2.16. The predicted octanol–water partition coefficient (Wildman–Crippen LogP) is 1.52. The van der Waals surface area contributed by atoms with Crippen molar-refractivity contribution in [2.75, 3.05) is 0 Å². The summed E-state index contributed by atoms with van der Waals surface area (Å²) in [7, 11) is 0. The van der Waals surface area contributed by atoms with Crippen LogP contribution in [0.1, 0.15) is 10.4 Å². The van der Waals surface area contributed by atoms with Crippen LogP contribution < -0.4 is 10.7 Å². The highest BCUT2D eigenvalue weighted by Gasteiger charge is 2.13. The van der Waals surface area contributed by atoms with Crippen LogP contribution in [0.25, 0.3) is 11.0 Å². The standard InChI is InChI=1S/C14H12N4OS/c15-13(18-12(19)7-9-3-2-6-20-9)11-8-17-14-10(11)4-1-5-16-14/h1-6,8H,7H2,(H,16,17)(H2,15,18,19)/p+1. The van der Waals surface area contributed by atoms with Gasteiger partial charge in [-0.3, -0.25) is 4.79 Å². The Kier molecular flexibility index (Phi) is 3.30. The van der Waals surface area contributed by atoms with Crippen molar-refractivity contribution in [2.45, 2.75) is 6.42 Å². The van der Waals surface area contributed by atoms with E-state index < -0.39 is 0 Å². The Hall–Kier alpha value is -2.47. The molecule has 0 radical (unpaired) electrons. The smallest absolute Gasteiger partial charge is 0.285 e. The second-order valence-electron chi connectivity index (χ2n) is 4.31. The van der Waals surface area contributed by atoms with Gasteiger partial charge in [-0.15, -0.1) is 11.3 Å². The molecule has 6 heteroatoms. The van der Waals surface area contributed by atoms with Crippen LogP contribution >= 0.6 is 11.3 Å². The molecule has 0 aromatic carbocycles. The summed E-state index contributed by atoms with van der Waals surface area (Å²) in [4.78, 5) is 23.0.